The third-order valence-corrected chi connectivity index (χ3v) is 4.69. The van der Waals surface area contributed by atoms with E-state index in [1.165, 1.54) is 23.9 Å². The van der Waals surface area contributed by atoms with Crippen molar-refractivity contribution in [2.75, 3.05) is 12.0 Å². The lowest BCUT2D eigenvalue weighted by molar-refractivity contribution is -0.139. The number of fused-ring (bicyclic) bond motifs is 1. The van der Waals surface area contributed by atoms with Gasteiger partial charge in [-0.3, -0.25) is 4.79 Å². The van der Waals surface area contributed by atoms with Crippen LogP contribution in [0.15, 0.2) is 24.3 Å². The number of carbonyl (C=O) groups excluding carboxylic acids is 1. The van der Waals surface area contributed by atoms with Gasteiger partial charge in [0, 0.05) is 10.1 Å². The zero-order valence-corrected chi connectivity index (χ0v) is 12.9. The molecule has 2 rings (SSSR count). The maximum absolute atomic E-state index is 13.6. The second kappa shape index (κ2) is 6.91. The van der Waals surface area contributed by atoms with Crippen LogP contribution in [0.1, 0.15) is 16.1 Å². The minimum absolute atomic E-state index is 0.311. The van der Waals surface area contributed by atoms with Gasteiger partial charge in [-0.2, -0.15) is 11.8 Å². The van der Waals surface area contributed by atoms with Gasteiger partial charge in [-0.05, 0) is 36.6 Å². The molecule has 1 heterocycles. The Kier molecular flexibility index (Phi) is 5.19. The molecule has 0 radical (unpaired) electrons. The zero-order chi connectivity index (χ0) is 15.4. The lowest BCUT2D eigenvalue weighted by Gasteiger charge is -2.12. The number of carbonyl (C=O) groups is 2. The fourth-order valence-electron chi connectivity index (χ4n) is 1.86. The van der Waals surface area contributed by atoms with Crippen molar-refractivity contribution in [3.63, 3.8) is 0 Å². The molecule has 1 atom stereocenters. The van der Waals surface area contributed by atoms with Crippen LogP contribution >= 0.6 is 23.1 Å². The van der Waals surface area contributed by atoms with Crippen molar-refractivity contribution in [3.8, 4) is 0 Å². The molecule has 0 aliphatic carbocycles. The topological polar surface area (TPSA) is 66.4 Å². The minimum atomic E-state index is -1.07. The van der Waals surface area contributed by atoms with E-state index in [9.17, 15) is 14.0 Å². The van der Waals surface area contributed by atoms with E-state index in [-0.39, 0.29) is 5.82 Å². The van der Waals surface area contributed by atoms with Gasteiger partial charge in [0.2, 0.25) is 0 Å². The molecule has 2 N–H and O–H groups in total. The SMILES string of the molecule is CSCC[C@@H](NC(=O)c1cc2c(F)cccc2s1)C(=O)O. The number of nitrogens with one attached hydrogen (secondary N) is 1. The van der Waals surface area contributed by atoms with Gasteiger partial charge in [0.25, 0.3) is 5.91 Å². The fourth-order valence-corrected chi connectivity index (χ4v) is 3.31. The molecule has 0 saturated carbocycles. The number of benzene rings is 1. The molecule has 0 fully saturated rings. The first-order valence-corrected chi connectivity index (χ1v) is 8.44. The Morgan fingerprint density at radius 3 is 2.86 bits per heavy atom. The average Bonchev–Trinajstić information content (AvgIpc) is 2.88. The molecule has 2 aromatic rings. The number of halogens is 1. The quantitative estimate of drug-likeness (QED) is 0.856. The first-order valence-electron chi connectivity index (χ1n) is 6.23. The van der Waals surface area contributed by atoms with Crippen molar-refractivity contribution in [2.24, 2.45) is 0 Å². The van der Waals surface area contributed by atoms with Crippen LogP contribution in [0.2, 0.25) is 0 Å². The maximum atomic E-state index is 13.6. The molecule has 1 aromatic carbocycles. The second-order valence-electron chi connectivity index (χ2n) is 4.41. The first kappa shape index (κ1) is 15.8. The predicted octanol–water partition coefficient (Wildman–Crippen LogP) is 2.98. The Morgan fingerprint density at radius 1 is 1.48 bits per heavy atom. The van der Waals surface area contributed by atoms with E-state index >= 15 is 0 Å². The number of hydrogen-bond donors (Lipinski definition) is 2. The normalized spacial score (nSPS) is 12.3. The Labute approximate surface area is 129 Å². The molecule has 0 bridgehead atoms. The predicted molar refractivity (Wildman–Crippen MR) is 83.7 cm³/mol. The van der Waals surface area contributed by atoms with E-state index in [1.807, 2.05) is 6.26 Å². The van der Waals surface area contributed by atoms with Crippen LogP contribution in [0.5, 0.6) is 0 Å². The summed E-state index contributed by atoms with van der Waals surface area (Å²) in [6.07, 6.45) is 2.22. The standard InChI is InChI=1S/C14H14FNO3S2/c1-20-6-5-10(14(18)19)16-13(17)12-7-8-9(15)3-2-4-11(8)21-12/h2-4,7,10H,5-6H2,1H3,(H,16,17)(H,18,19)/t10-/m1/s1. The number of thiophene rings is 1. The molecule has 0 saturated heterocycles. The van der Waals surface area contributed by atoms with Gasteiger partial charge >= 0.3 is 5.97 Å². The fraction of sp³-hybridized carbons (Fsp3) is 0.286. The molecular formula is C14H14FNO3S2. The van der Waals surface area contributed by atoms with Crippen LogP contribution in [0.4, 0.5) is 4.39 Å². The molecule has 0 spiro atoms. The van der Waals surface area contributed by atoms with Gasteiger partial charge in [-0.1, -0.05) is 6.07 Å². The van der Waals surface area contributed by atoms with Gasteiger partial charge < -0.3 is 10.4 Å². The number of amides is 1. The van der Waals surface area contributed by atoms with Crippen molar-refractivity contribution in [3.05, 3.63) is 35.0 Å². The van der Waals surface area contributed by atoms with E-state index in [1.54, 1.807) is 12.1 Å². The third kappa shape index (κ3) is 3.74. The van der Waals surface area contributed by atoms with E-state index in [0.29, 0.717) is 27.1 Å². The van der Waals surface area contributed by atoms with Gasteiger partial charge in [-0.15, -0.1) is 11.3 Å². The number of carboxylic acids is 1. The summed E-state index contributed by atoms with van der Waals surface area (Å²) in [5.74, 6) is -1.30. The number of thioether (sulfide) groups is 1. The van der Waals surface area contributed by atoms with Crippen LogP contribution in [0.3, 0.4) is 0 Å². The largest absolute Gasteiger partial charge is 0.480 e. The smallest absolute Gasteiger partial charge is 0.326 e. The molecular weight excluding hydrogens is 313 g/mol. The van der Waals surface area contributed by atoms with Gasteiger partial charge in [0.1, 0.15) is 11.9 Å². The van der Waals surface area contributed by atoms with Crippen molar-refractivity contribution >= 4 is 45.1 Å². The summed E-state index contributed by atoms with van der Waals surface area (Å²) >= 11 is 2.66. The molecule has 21 heavy (non-hydrogen) atoms. The van der Waals surface area contributed by atoms with E-state index in [0.717, 1.165) is 11.3 Å². The summed E-state index contributed by atoms with van der Waals surface area (Å²) in [6.45, 7) is 0. The first-order chi connectivity index (χ1) is 10.0. The summed E-state index contributed by atoms with van der Waals surface area (Å²) in [6, 6.07) is 5.16. The highest BCUT2D eigenvalue weighted by Crippen LogP contribution is 2.27. The van der Waals surface area contributed by atoms with E-state index in [4.69, 9.17) is 5.11 Å². The maximum Gasteiger partial charge on any atom is 0.326 e. The van der Waals surface area contributed by atoms with Gasteiger partial charge in [-0.25, -0.2) is 9.18 Å². The summed E-state index contributed by atoms with van der Waals surface area (Å²) < 4.78 is 14.3. The summed E-state index contributed by atoms with van der Waals surface area (Å²) in [5.41, 5.74) is 0. The lowest BCUT2D eigenvalue weighted by atomic mass is 10.2. The highest BCUT2D eigenvalue weighted by molar-refractivity contribution is 7.98. The van der Waals surface area contributed by atoms with Gasteiger partial charge in [0.05, 0.1) is 4.88 Å². The van der Waals surface area contributed by atoms with Crippen LogP contribution in [-0.4, -0.2) is 35.0 Å². The Hall–Kier alpha value is -1.60. The van der Waals surface area contributed by atoms with Crippen molar-refractivity contribution in [1.29, 1.82) is 0 Å². The molecule has 112 valence electrons. The second-order valence-corrected chi connectivity index (χ2v) is 6.48. The van der Waals surface area contributed by atoms with Gasteiger partial charge in [0.15, 0.2) is 0 Å². The van der Waals surface area contributed by atoms with Crippen LogP contribution in [0.25, 0.3) is 10.1 Å². The minimum Gasteiger partial charge on any atom is -0.480 e. The molecule has 1 amide bonds. The van der Waals surface area contributed by atoms with Crippen LogP contribution < -0.4 is 5.32 Å². The van der Waals surface area contributed by atoms with Crippen molar-refractivity contribution in [1.82, 2.24) is 5.32 Å². The molecule has 0 aliphatic heterocycles. The highest BCUT2D eigenvalue weighted by atomic mass is 32.2. The Morgan fingerprint density at radius 2 is 2.24 bits per heavy atom. The highest BCUT2D eigenvalue weighted by Gasteiger charge is 2.21. The Balaban J connectivity index is 2.17. The molecule has 0 aliphatic rings. The van der Waals surface area contributed by atoms with Crippen molar-refractivity contribution in [2.45, 2.75) is 12.5 Å². The molecule has 7 heteroatoms. The van der Waals surface area contributed by atoms with Crippen LogP contribution in [-0.2, 0) is 4.79 Å². The Bertz CT molecular complexity index is 671. The van der Waals surface area contributed by atoms with E-state index in [2.05, 4.69) is 5.32 Å². The number of carboxylic acid groups (broad SMARTS) is 1. The molecule has 0 unspecified atom stereocenters. The number of hydrogen-bond acceptors (Lipinski definition) is 4. The molecule has 1 aromatic heterocycles. The zero-order valence-electron chi connectivity index (χ0n) is 11.3. The summed E-state index contributed by atoms with van der Waals surface area (Å²) in [4.78, 5) is 23.5. The number of aliphatic carboxylic acids is 1. The van der Waals surface area contributed by atoms with Crippen molar-refractivity contribution < 1.29 is 19.1 Å². The molecule has 4 nitrogen and oxygen atoms in total. The average molecular weight is 327 g/mol. The van der Waals surface area contributed by atoms with E-state index < -0.39 is 17.9 Å². The third-order valence-electron chi connectivity index (χ3n) is 2.95. The number of rotatable bonds is 6. The summed E-state index contributed by atoms with van der Waals surface area (Å²) in [7, 11) is 0. The monoisotopic (exact) mass is 327 g/mol. The van der Waals surface area contributed by atoms with Crippen LogP contribution in [0, 0.1) is 5.82 Å². The summed E-state index contributed by atoms with van der Waals surface area (Å²) in [5, 5.41) is 12.0. The lowest BCUT2D eigenvalue weighted by Crippen LogP contribution is -2.40.